The number of Topliss-reactive ketones (excluding diaryl/α,β-unsaturated/α-hetero) is 1. The molecule has 4 aromatic rings. The van der Waals surface area contributed by atoms with Gasteiger partial charge in [-0.3, -0.25) is 4.79 Å². The lowest BCUT2D eigenvalue weighted by molar-refractivity contribution is 0.0980. The largest absolute Gasteiger partial charge is 0.497 e. The van der Waals surface area contributed by atoms with Crippen LogP contribution >= 0.6 is 11.8 Å². The predicted octanol–water partition coefficient (Wildman–Crippen LogP) is 5.16. The minimum atomic E-state index is -0.397. The van der Waals surface area contributed by atoms with Crippen molar-refractivity contribution in [2.75, 3.05) is 12.5 Å². The molecule has 33 heavy (non-hydrogen) atoms. The Hall–Kier alpha value is -3.58. The van der Waals surface area contributed by atoms with E-state index in [2.05, 4.69) is 22.5 Å². The Morgan fingerprint density at radius 2 is 1.73 bits per heavy atom. The minimum Gasteiger partial charge on any atom is -0.497 e. The first kappa shape index (κ1) is 21.3. The van der Waals surface area contributed by atoms with E-state index in [1.165, 1.54) is 17.3 Å². The summed E-state index contributed by atoms with van der Waals surface area (Å²) in [7, 11) is 1.64. The summed E-state index contributed by atoms with van der Waals surface area (Å²) < 4.78 is 7.21. The van der Waals surface area contributed by atoms with E-state index in [9.17, 15) is 4.79 Å². The molecule has 0 saturated heterocycles. The van der Waals surface area contributed by atoms with E-state index in [-0.39, 0.29) is 11.8 Å². The third-order valence-electron chi connectivity index (χ3n) is 5.85. The van der Waals surface area contributed by atoms with Gasteiger partial charge in [-0.05, 0) is 29.7 Å². The number of thioether (sulfide) groups is 1. The Balaban J connectivity index is 1.55. The van der Waals surface area contributed by atoms with Crippen LogP contribution in [0.5, 0.6) is 5.75 Å². The Morgan fingerprint density at radius 1 is 1.00 bits per heavy atom. The van der Waals surface area contributed by atoms with Crippen molar-refractivity contribution in [2.24, 2.45) is 0 Å². The number of rotatable bonds is 6. The van der Waals surface area contributed by atoms with Crippen LogP contribution in [0, 0.1) is 0 Å². The Bertz CT molecular complexity index is 1250. The fourth-order valence-corrected chi connectivity index (χ4v) is 5.12. The molecule has 1 aromatic heterocycles. The van der Waals surface area contributed by atoms with E-state index in [0.29, 0.717) is 10.7 Å². The average Bonchev–Trinajstić information content (AvgIpc) is 3.31. The molecule has 3 aromatic carbocycles. The van der Waals surface area contributed by atoms with Crippen LogP contribution in [0.25, 0.3) is 11.4 Å². The fraction of sp³-hybridized carbons (Fsp3) is 0.192. The average molecular weight is 457 g/mol. The molecule has 0 fully saturated rings. The fourth-order valence-electron chi connectivity index (χ4n) is 3.96. The molecule has 5 rings (SSSR count). The zero-order valence-electron chi connectivity index (χ0n) is 18.4. The summed E-state index contributed by atoms with van der Waals surface area (Å²) in [5.41, 5.74) is 7.38. The van der Waals surface area contributed by atoms with Gasteiger partial charge in [0.15, 0.2) is 11.6 Å². The second kappa shape index (κ2) is 9.11. The van der Waals surface area contributed by atoms with Crippen LogP contribution in [-0.2, 0) is 6.42 Å². The quantitative estimate of drug-likeness (QED) is 0.404. The van der Waals surface area contributed by atoms with Crippen LogP contribution in [0.1, 0.15) is 34.5 Å². The highest BCUT2D eigenvalue weighted by molar-refractivity contribution is 8.00. The van der Waals surface area contributed by atoms with Crippen LogP contribution < -0.4 is 10.2 Å². The van der Waals surface area contributed by atoms with Crippen molar-refractivity contribution in [3.05, 3.63) is 95.6 Å². The summed E-state index contributed by atoms with van der Waals surface area (Å²) in [5, 5.41) is 9.07. The van der Waals surface area contributed by atoms with E-state index in [1.54, 1.807) is 7.11 Å². The van der Waals surface area contributed by atoms with Gasteiger partial charge in [0.2, 0.25) is 5.16 Å². The van der Waals surface area contributed by atoms with E-state index in [4.69, 9.17) is 4.74 Å². The number of ketones is 1. The third kappa shape index (κ3) is 4.12. The lowest BCUT2D eigenvalue weighted by Gasteiger charge is -2.33. The zero-order chi connectivity index (χ0) is 22.8. The molecule has 1 aliphatic rings. The SMILES string of the molecule is CCc1ccc(C(=O)[C@@H]2Sc3nnc(-c4ccccc4)n3N[C@H]2c2ccc(OC)cc2)cc1. The lowest BCUT2D eigenvalue weighted by Crippen LogP contribution is -2.39. The number of hydrogen-bond acceptors (Lipinski definition) is 6. The number of nitrogens with one attached hydrogen (secondary N) is 1. The Kier molecular flexibility index (Phi) is 5.88. The first-order chi connectivity index (χ1) is 16.2. The number of benzene rings is 3. The first-order valence-electron chi connectivity index (χ1n) is 10.9. The van der Waals surface area contributed by atoms with Crippen molar-refractivity contribution in [3.63, 3.8) is 0 Å². The number of aryl methyl sites for hydroxylation is 1. The zero-order valence-corrected chi connectivity index (χ0v) is 19.3. The molecule has 0 spiro atoms. The molecule has 1 aliphatic heterocycles. The molecule has 0 bridgehead atoms. The molecular weight excluding hydrogens is 432 g/mol. The maximum atomic E-state index is 13.6. The van der Waals surface area contributed by atoms with Gasteiger partial charge >= 0.3 is 0 Å². The van der Waals surface area contributed by atoms with Crippen molar-refractivity contribution in [1.82, 2.24) is 14.9 Å². The topological polar surface area (TPSA) is 69.0 Å². The summed E-state index contributed by atoms with van der Waals surface area (Å²) in [6.07, 6.45) is 0.939. The number of hydrogen-bond donors (Lipinski definition) is 1. The van der Waals surface area contributed by atoms with Gasteiger partial charge in [-0.25, -0.2) is 4.68 Å². The molecule has 6 nitrogen and oxygen atoms in total. The van der Waals surface area contributed by atoms with E-state index < -0.39 is 5.25 Å². The molecule has 0 aliphatic carbocycles. The third-order valence-corrected chi connectivity index (χ3v) is 7.06. The normalized spacial score (nSPS) is 17.2. The van der Waals surface area contributed by atoms with Gasteiger partial charge < -0.3 is 10.2 Å². The molecule has 166 valence electrons. The van der Waals surface area contributed by atoms with E-state index in [0.717, 1.165) is 29.1 Å². The highest BCUT2D eigenvalue weighted by atomic mass is 32.2. The lowest BCUT2D eigenvalue weighted by atomic mass is 9.96. The number of methoxy groups -OCH3 is 1. The molecule has 2 heterocycles. The van der Waals surface area contributed by atoms with Crippen molar-refractivity contribution in [3.8, 4) is 17.1 Å². The summed E-state index contributed by atoms with van der Waals surface area (Å²) in [6.45, 7) is 2.11. The van der Waals surface area contributed by atoms with Gasteiger partial charge in [0, 0.05) is 11.1 Å². The van der Waals surface area contributed by atoms with Gasteiger partial charge in [0.1, 0.15) is 11.0 Å². The van der Waals surface area contributed by atoms with Crippen LogP contribution in [-0.4, -0.2) is 33.0 Å². The number of fused-ring (bicyclic) bond motifs is 1. The molecule has 0 amide bonds. The molecule has 2 atom stereocenters. The number of aromatic nitrogens is 3. The van der Waals surface area contributed by atoms with E-state index >= 15 is 0 Å². The maximum Gasteiger partial charge on any atom is 0.211 e. The minimum absolute atomic E-state index is 0.0616. The Morgan fingerprint density at radius 3 is 2.39 bits per heavy atom. The Labute approximate surface area is 197 Å². The summed E-state index contributed by atoms with van der Waals surface area (Å²) in [6, 6.07) is 25.3. The summed E-state index contributed by atoms with van der Waals surface area (Å²) >= 11 is 1.44. The summed E-state index contributed by atoms with van der Waals surface area (Å²) in [4.78, 5) is 13.6. The van der Waals surface area contributed by atoms with Crippen LogP contribution in [0.4, 0.5) is 0 Å². The molecule has 1 N–H and O–H groups in total. The van der Waals surface area contributed by atoms with Gasteiger partial charge in [-0.2, -0.15) is 0 Å². The van der Waals surface area contributed by atoms with Crippen molar-refractivity contribution >= 4 is 17.5 Å². The molecular formula is C26H24N4O2S. The smallest absolute Gasteiger partial charge is 0.211 e. The van der Waals surface area contributed by atoms with Crippen molar-refractivity contribution < 1.29 is 9.53 Å². The van der Waals surface area contributed by atoms with Gasteiger partial charge in [-0.1, -0.05) is 85.4 Å². The predicted molar refractivity (Wildman–Crippen MR) is 130 cm³/mol. The number of carbonyl (C=O) groups excluding carboxylic acids is 1. The first-order valence-corrected chi connectivity index (χ1v) is 11.8. The second-order valence-electron chi connectivity index (χ2n) is 7.84. The van der Waals surface area contributed by atoms with Crippen LogP contribution in [0.15, 0.2) is 84.0 Å². The van der Waals surface area contributed by atoms with Gasteiger partial charge in [-0.15, -0.1) is 10.2 Å². The molecule has 0 saturated carbocycles. The number of nitrogens with zero attached hydrogens (tertiary/aromatic N) is 3. The van der Waals surface area contributed by atoms with Crippen LogP contribution in [0.3, 0.4) is 0 Å². The second-order valence-corrected chi connectivity index (χ2v) is 8.95. The van der Waals surface area contributed by atoms with Gasteiger partial charge in [0.05, 0.1) is 13.2 Å². The monoisotopic (exact) mass is 456 g/mol. The van der Waals surface area contributed by atoms with Crippen molar-refractivity contribution in [2.45, 2.75) is 29.8 Å². The van der Waals surface area contributed by atoms with E-state index in [1.807, 2.05) is 83.5 Å². The number of carbonyl (C=O) groups is 1. The number of ether oxygens (including phenoxy) is 1. The molecule has 7 heteroatoms. The summed E-state index contributed by atoms with van der Waals surface area (Å²) in [5.74, 6) is 1.55. The highest BCUT2D eigenvalue weighted by Crippen LogP contribution is 2.40. The molecule has 0 unspecified atom stereocenters. The maximum absolute atomic E-state index is 13.6. The van der Waals surface area contributed by atoms with Crippen molar-refractivity contribution in [1.29, 1.82) is 0 Å². The standard InChI is InChI=1S/C26H24N4O2S/c1-3-17-9-11-19(12-10-17)23(31)24-22(18-13-15-21(32-2)16-14-18)29-30-25(27-28-26(30)33-24)20-7-5-4-6-8-20/h4-16,22,24,29H,3H2,1-2H3/t22-,24+/m0/s1. The van der Waals surface area contributed by atoms with Crippen LogP contribution in [0.2, 0.25) is 0 Å². The molecule has 0 radical (unpaired) electrons. The van der Waals surface area contributed by atoms with Gasteiger partial charge in [0.25, 0.3) is 0 Å². The highest BCUT2D eigenvalue weighted by Gasteiger charge is 2.38.